The van der Waals surface area contributed by atoms with Gasteiger partial charge in [0.1, 0.15) is 0 Å². The van der Waals surface area contributed by atoms with E-state index in [1.54, 1.807) is 12.4 Å². The van der Waals surface area contributed by atoms with Gasteiger partial charge in [-0.3, -0.25) is 4.79 Å². The van der Waals surface area contributed by atoms with E-state index in [-0.39, 0.29) is 11.8 Å². The number of rotatable bonds is 6. The van der Waals surface area contributed by atoms with Crippen molar-refractivity contribution in [1.29, 1.82) is 0 Å². The summed E-state index contributed by atoms with van der Waals surface area (Å²) >= 11 is 0. The van der Waals surface area contributed by atoms with Crippen LogP contribution in [0.4, 0.5) is 5.95 Å². The zero-order chi connectivity index (χ0) is 16.8. The summed E-state index contributed by atoms with van der Waals surface area (Å²) in [6, 6.07) is 8.26. The smallest absolute Gasteiger partial charge is 0.227 e. The van der Waals surface area contributed by atoms with Gasteiger partial charge in [-0.2, -0.15) is 0 Å². The molecular formula is C18H24N4O. The molecular weight excluding hydrogens is 288 g/mol. The molecule has 0 aliphatic heterocycles. The van der Waals surface area contributed by atoms with Crippen LogP contribution in [0.25, 0.3) is 11.1 Å². The van der Waals surface area contributed by atoms with Crippen LogP contribution in [0.5, 0.6) is 0 Å². The highest BCUT2D eigenvalue weighted by atomic mass is 16.1. The minimum absolute atomic E-state index is 0.0488. The first-order chi connectivity index (χ1) is 11.0. The van der Waals surface area contributed by atoms with Crippen molar-refractivity contribution in [3.8, 4) is 11.1 Å². The monoisotopic (exact) mass is 312 g/mol. The third kappa shape index (κ3) is 4.52. The van der Waals surface area contributed by atoms with Crippen LogP contribution in [0, 0.1) is 0 Å². The van der Waals surface area contributed by atoms with Crippen molar-refractivity contribution < 1.29 is 4.79 Å². The average Bonchev–Trinajstić information content (AvgIpc) is 2.55. The molecule has 5 nitrogen and oxygen atoms in total. The zero-order valence-electron chi connectivity index (χ0n) is 14.1. The lowest BCUT2D eigenvalue weighted by Gasteiger charge is -2.12. The van der Waals surface area contributed by atoms with Crippen LogP contribution in [0.1, 0.15) is 39.2 Å². The molecule has 0 radical (unpaired) electrons. The van der Waals surface area contributed by atoms with E-state index in [0.717, 1.165) is 16.7 Å². The predicted molar refractivity (Wildman–Crippen MR) is 93.3 cm³/mol. The van der Waals surface area contributed by atoms with E-state index in [2.05, 4.69) is 20.6 Å². The molecule has 1 unspecified atom stereocenters. The second-order valence-electron chi connectivity index (χ2n) is 5.83. The molecule has 1 atom stereocenters. The van der Waals surface area contributed by atoms with Crippen LogP contribution < -0.4 is 10.6 Å². The molecule has 0 aliphatic carbocycles. The Bertz CT molecular complexity index is 635. The van der Waals surface area contributed by atoms with Crippen LogP contribution in [0.3, 0.4) is 0 Å². The molecule has 0 saturated carbocycles. The highest BCUT2D eigenvalue weighted by molar-refractivity contribution is 5.83. The van der Waals surface area contributed by atoms with Gasteiger partial charge in [-0.1, -0.05) is 24.3 Å². The Balaban J connectivity index is 2.11. The van der Waals surface area contributed by atoms with Crippen LogP contribution in [-0.2, 0) is 4.79 Å². The van der Waals surface area contributed by atoms with Gasteiger partial charge in [0.05, 0.1) is 5.92 Å². The van der Waals surface area contributed by atoms with E-state index in [1.807, 2.05) is 52.0 Å². The van der Waals surface area contributed by atoms with Crippen molar-refractivity contribution in [3.05, 3.63) is 42.2 Å². The van der Waals surface area contributed by atoms with E-state index < -0.39 is 0 Å². The third-order valence-corrected chi connectivity index (χ3v) is 3.56. The number of carbonyl (C=O) groups is 1. The van der Waals surface area contributed by atoms with Gasteiger partial charge in [0.25, 0.3) is 0 Å². The first-order valence-corrected chi connectivity index (χ1v) is 7.98. The fourth-order valence-electron chi connectivity index (χ4n) is 2.25. The SMILES string of the molecule is CCNC(=O)C(C)c1ccc(-c2cnc(NC(C)C)nc2)cc1. The topological polar surface area (TPSA) is 66.9 Å². The maximum absolute atomic E-state index is 11.9. The summed E-state index contributed by atoms with van der Waals surface area (Å²) in [7, 11) is 0. The molecule has 122 valence electrons. The van der Waals surface area contributed by atoms with E-state index in [4.69, 9.17) is 0 Å². The normalized spacial score (nSPS) is 12.0. The lowest BCUT2D eigenvalue weighted by molar-refractivity contribution is -0.122. The number of amides is 1. The molecule has 1 aromatic heterocycles. The number of carbonyl (C=O) groups excluding carboxylic acids is 1. The van der Waals surface area contributed by atoms with Crippen LogP contribution in [0.15, 0.2) is 36.7 Å². The van der Waals surface area contributed by atoms with E-state index in [0.29, 0.717) is 18.5 Å². The lowest BCUT2D eigenvalue weighted by atomic mass is 9.98. The summed E-state index contributed by atoms with van der Waals surface area (Å²) in [5, 5.41) is 6.01. The largest absolute Gasteiger partial charge is 0.356 e. The summed E-state index contributed by atoms with van der Waals surface area (Å²) in [6.07, 6.45) is 3.61. The fourth-order valence-corrected chi connectivity index (χ4v) is 2.25. The fraction of sp³-hybridized carbons (Fsp3) is 0.389. The Morgan fingerprint density at radius 2 is 1.65 bits per heavy atom. The minimum Gasteiger partial charge on any atom is -0.356 e. The number of nitrogens with one attached hydrogen (secondary N) is 2. The van der Waals surface area contributed by atoms with Crippen molar-refractivity contribution >= 4 is 11.9 Å². The van der Waals surface area contributed by atoms with Gasteiger partial charge in [-0.15, -0.1) is 0 Å². The number of hydrogen-bond acceptors (Lipinski definition) is 4. The summed E-state index contributed by atoms with van der Waals surface area (Å²) in [5.74, 6) is 0.524. The Hall–Kier alpha value is -2.43. The van der Waals surface area contributed by atoms with Crippen molar-refractivity contribution in [2.75, 3.05) is 11.9 Å². The highest BCUT2D eigenvalue weighted by Gasteiger charge is 2.14. The Morgan fingerprint density at radius 3 is 2.17 bits per heavy atom. The Labute approximate surface area is 137 Å². The van der Waals surface area contributed by atoms with Gasteiger partial charge >= 0.3 is 0 Å². The minimum atomic E-state index is -0.155. The van der Waals surface area contributed by atoms with Crippen LogP contribution >= 0.6 is 0 Å². The maximum atomic E-state index is 11.9. The van der Waals surface area contributed by atoms with Gasteiger partial charge in [-0.25, -0.2) is 9.97 Å². The van der Waals surface area contributed by atoms with Gasteiger partial charge < -0.3 is 10.6 Å². The zero-order valence-corrected chi connectivity index (χ0v) is 14.1. The van der Waals surface area contributed by atoms with E-state index in [9.17, 15) is 4.79 Å². The molecule has 2 rings (SSSR count). The van der Waals surface area contributed by atoms with Gasteiger partial charge in [0.2, 0.25) is 11.9 Å². The molecule has 2 N–H and O–H groups in total. The second kappa shape index (κ2) is 7.72. The van der Waals surface area contributed by atoms with Crippen molar-refractivity contribution in [3.63, 3.8) is 0 Å². The predicted octanol–water partition coefficient (Wildman–Crippen LogP) is 3.20. The van der Waals surface area contributed by atoms with Crippen LogP contribution in [0.2, 0.25) is 0 Å². The van der Waals surface area contributed by atoms with Gasteiger partial charge in [-0.05, 0) is 38.8 Å². The summed E-state index contributed by atoms with van der Waals surface area (Å²) in [5.41, 5.74) is 2.99. The van der Waals surface area contributed by atoms with Crippen molar-refractivity contribution in [1.82, 2.24) is 15.3 Å². The third-order valence-electron chi connectivity index (χ3n) is 3.56. The van der Waals surface area contributed by atoms with E-state index in [1.165, 1.54) is 0 Å². The maximum Gasteiger partial charge on any atom is 0.227 e. The average molecular weight is 312 g/mol. The molecule has 1 heterocycles. The Kier molecular flexibility index (Phi) is 5.68. The number of hydrogen-bond donors (Lipinski definition) is 2. The summed E-state index contributed by atoms with van der Waals surface area (Å²) in [4.78, 5) is 20.5. The van der Waals surface area contributed by atoms with Crippen molar-refractivity contribution in [2.45, 2.75) is 39.7 Å². The molecule has 1 aromatic carbocycles. The van der Waals surface area contributed by atoms with Crippen molar-refractivity contribution in [2.24, 2.45) is 0 Å². The van der Waals surface area contributed by atoms with Gasteiger partial charge in [0, 0.05) is 30.5 Å². The van der Waals surface area contributed by atoms with E-state index >= 15 is 0 Å². The van der Waals surface area contributed by atoms with Crippen LogP contribution in [-0.4, -0.2) is 28.5 Å². The number of nitrogens with zero attached hydrogens (tertiary/aromatic N) is 2. The first-order valence-electron chi connectivity index (χ1n) is 7.98. The second-order valence-corrected chi connectivity index (χ2v) is 5.83. The molecule has 0 aliphatic rings. The molecule has 5 heteroatoms. The van der Waals surface area contributed by atoms with Gasteiger partial charge in [0.15, 0.2) is 0 Å². The molecule has 0 bridgehead atoms. The number of likely N-dealkylation sites (N-methyl/N-ethyl adjacent to an activating group) is 1. The standard InChI is InChI=1S/C18H24N4O/c1-5-19-17(23)13(4)14-6-8-15(9-7-14)16-10-20-18(21-11-16)22-12(2)3/h6-13H,5H2,1-4H3,(H,19,23)(H,20,21,22). The number of aromatic nitrogens is 2. The molecule has 1 amide bonds. The first kappa shape index (κ1) is 16.9. The molecule has 23 heavy (non-hydrogen) atoms. The highest BCUT2D eigenvalue weighted by Crippen LogP contribution is 2.22. The summed E-state index contributed by atoms with van der Waals surface area (Å²) < 4.78 is 0. The molecule has 0 fully saturated rings. The lowest BCUT2D eigenvalue weighted by Crippen LogP contribution is -2.27. The number of anilines is 1. The molecule has 0 spiro atoms. The molecule has 0 saturated heterocycles. The number of benzene rings is 1. The summed E-state index contributed by atoms with van der Waals surface area (Å²) in [6.45, 7) is 8.58. The molecule has 2 aromatic rings. The quantitative estimate of drug-likeness (QED) is 0.859. The Morgan fingerprint density at radius 1 is 1.04 bits per heavy atom.